The molecule has 0 fully saturated rings. The van der Waals surface area contributed by atoms with E-state index in [2.05, 4.69) is 79.4 Å². The lowest BCUT2D eigenvalue weighted by molar-refractivity contribution is 0.858. The van der Waals surface area contributed by atoms with Gasteiger partial charge in [0.2, 0.25) is 0 Å². The Balaban J connectivity index is 1.96. The first-order chi connectivity index (χ1) is 9.16. The monoisotopic (exact) mass is 250 g/mol. The molecular weight excluding hydrogens is 233 g/mol. The van der Waals surface area contributed by atoms with Crippen LogP contribution in [0.3, 0.4) is 0 Å². The van der Waals surface area contributed by atoms with Gasteiger partial charge in [-0.2, -0.15) is 0 Å². The topological polar surface area (TPSA) is 19.4 Å². The third kappa shape index (κ3) is 2.07. The fourth-order valence-electron chi connectivity index (χ4n) is 2.33. The van der Waals surface area contributed by atoms with Crippen LogP contribution in [0.15, 0.2) is 42.6 Å². The molecule has 0 N–H and O–H groups in total. The van der Waals surface area contributed by atoms with Crippen molar-refractivity contribution in [1.29, 1.82) is 0 Å². The molecule has 1 aliphatic heterocycles. The minimum absolute atomic E-state index is 0.513. The van der Waals surface area contributed by atoms with E-state index in [1.54, 1.807) is 0 Å². The molecule has 3 nitrogen and oxygen atoms in total. The fourth-order valence-corrected chi connectivity index (χ4v) is 2.33. The van der Waals surface area contributed by atoms with Gasteiger partial charge in [0.15, 0.2) is 0 Å². The summed E-state index contributed by atoms with van der Waals surface area (Å²) in [5, 5.41) is 0. The first kappa shape index (κ1) is 12.1. The van der Waals surface area contributed by atoms with Gasteiger partial charge in [-0.05, 0) is 36.7 Å². The smallest absolute Gasteiger partial charge is 0.397 e. The van der Waals surface area contributed by atoms with Gasteiger partial charge in [-0.1, -0.05) is 32.0 Å². The lowest BCUT2D eigenvalue weighted by Crippen LogP contribution is -2.29. The Morgan fingerprint density at radius 3 is 2.42 bits per heavy atom. The Morgan fingerprint density at radius 1 is 1.05 bits per heavy atom. The summed E-state index contributed by atoms with van der Waals surface area (Å²) in [6, 6.07) is 12.6. The number of pyridine rings is 1. The summed E-state index contributed by atoms with van der Waals surface area (Å²) in [6.07, 6.45) is 1.97. The number of hydrogen-bond donors (Lipinski definition) is 0. The predicted octanol–water partition coefficient (Wildman–Crippen LogP) is 3.33. The van der Waals surface area contributed by atoms with Gasteiger partial charge >= 0.3 is 7.55 Å². The summed E-state index contributed by atoms with van der Waals surface area (Å²) in [7, 11) is 4.13. The number of anilines is 3. The fraction of sp³-hybridized carbons (Fsp3) is 0.267. The van der Waals surface area contributed by atoms with E-state index in [9.17, 15) is 0 Å². The first-order valence-corrected chi connectivity index (χ1v) is 6.59. The zero-order chi connectivity index (χ0) is 13.4. The van der Waals surface area contributed by atoms with Crippen molar-refractivity contribution in [2.24, 2.45) is 0 Å². The molecule has 4 heteroatoms. The quantitative estimate of drug-likeness (QED) is 0.762. The highest BCUT2D eigenvalue weighted by Crippen LogP contribution is 2.37. The van der Waals surface area contributed by atoms with Crippen LogP contribution in [0.5, 0.6) is 0 Å². The predicted molar refractivity (Wildman–Crippen MR) is 81.1 cm³/mol. The molecule has 0 unspecified atom stereocenters. The molecule has 0 saturated carbocycles. The maximum absolute atomic E-state index is 4.58. The zero-order valence-corrected chi connectivity index (χ0v) is 11.5. The van der Waals surface area contributed by atoms with Crippen LogP contribution in [-0.4, -0.2) is 19.6 Å². The minimum atomic E-state index is 0.513. The van der Waals surface area contributed by atoms with E-state index in [-0.39, 0.29) is 0 Å². The third-order valence-electron chi connectivity index (χ3n) is 3.49. The van der Waals surface area contributed by atoms with Gasteiger partial charge in [0.1, 0.15) is 5.82 Å². The molecule has 0 saturated heterocycles. The van der Waals surface area contributed by atoms with Crippen molar-refractivity contribution in [1.82, 2.24) is 4.98 Å². The summed E-state index contributed by atoms with van der Waals surface area (Å²) in [4.78, 5) is 8.83. The van der Waals surface area contributed by atoms with Crippen molar-refractivity contribution in [3.8, 4) is 0 Å². The maximum Gasteiger partial charge on any atom is 0.397 e. The van der Waals surface area contributed by atoms with Gasteiger partial charge in [-0.15, -0.1) is 0 Å². The first-order valence-electron chi connectivity index (χ1n) is 6.59. The van der Waals surface area contributed by atoms with E-state index in [1.165, 1.54) is 16.9 Å². The van der Waals surface area contributed by atoms with Crippen LogP contribution >= 0.6 is 0 Å². The van der Waals surface area contributed by atoms with E-state index in [0.717, 1.165) is 5.82 Å². The minimum Gasteiger partial charge on any atom is -0.400 e. The highest BCUT2D eigenvalue weighted by atomic mass is 15.3. The second-order valence-corrected chi connectivity index (χ2v) is 5.19. The molecular formula is C15H17BN3. The SMILES string of the molecule is CC(C)c1ccc(N2[B]N(C)c3ccccc32)nc1. The van der Waals surface area contributed by atoms with Crippen LogP contribution in [-0.2, 0) is 0 Å². The largest absolute Gasteiger partial charge is 0.400 e. The van der Waals surface area contributed by atoms with Crippen molar-refractivity contribution in [3.63, 3.8) is 0 Å². The highest BCUT2D eigenvalue weighted by Gasteiger charge is 2.26. The average Bonchev–Trinajstić information content (AvgIpc) is 2.77. The molecule has 1 aliphatic rings. The summed E-state index contributed by atoms with van der Waals surface area (Å²) >= 11 is 0. The molecule has 0 atom stereocenters. The van der Waals surface area contributed by atoms with E-state index in [4.69, 9.17) is 0 Å². The maximum atomic E-state index is 4.58. The highest BCUT2D eigenvalue weighted by molar-refractivity contribution is 6.52. The summed E-state index contributed by atoms with van der Waals surface area (Å²) in [5.74, 6) is 1.47. The van der Waals surface area contributed by atoms with E-state index < -0.39 is 0 Å². The molecule has 19 heavy (non-hydrogen) atoms. The van der Waals surface area contributed by atoms with E-state index >= 15 is 0 Å². The third-order valence-corrected chi connectivity index (χ3v) is 3.49. The van der Waals surface area contributed by atoms with Gasteiger partial charge in [0.05, 0.1) is 5.69 Å². The van der Waals surface area contributed by atoms with Gasteiger partial charge in [-0.25, -0.2) is 4.98 Å². The average molecular weight is 250 g/mol. The van der Waals surface area contributed by atoms with Crippen molar-refractivity contribution < 1.29 is 0 Å². The van der Waals surface area contributed by atoms with Crippen molar-refractivity contribution in [2.75, 3.05) is 16.7 Å². The summed E-state index contributed by atoms with van der Waals surface area (Å²) in [6.45, 7) is 4.36. The number of benzene rings is 1. The number of rotatable bonds is 2. The molecule has 1 radical (unpaired) electrons. The molecule has 1 aromatic heterocycles. The van der Waals surface area contributed by atoms with Crippen LogP contribution in [0.1, 0.15) is 25.3 Å². The van der Waals surface area contributed by atoms with Gasteiger partial charge in [-0.3, -0.25) is 0 Å². The van der Waals surface area contributed by atoms with Crippen molar-refractivity contribution >= 4 is 24.7 Å². The molecule has 0 spiro atoms. The Hall–Kier alpha value is -1.97. The molecule has 2 heterocycles. The number of nitrogens with zero attached hydrogens (tertiary/aromatic N) is 3. The summed E-state index contributed by atoms with van der Waals surface area (Å²) < 4.78 is 0. The van der Waals surface area contributed by atoms with Gasteiger partial charge < -0.3 is 9.62 Å². The number of para-hydroxylation sites is 2. The zero-order valence-electron chi connectivity index (χ0n) is 11.5. The molecule has 2 aromatic rings. The van der Waals surface area contributed by atoms with Crippen molar-refractivity contribution in [3.05, 3.63) is 48.2 Å². The number of hydrogen-bond acceptors (Lipinski definition) is 3. The van der Waals surface area contributed by atoms with Gasteiger partial charge in [0.25, 0.3) is 0 Å². The van der Waals surface area contributed by atoms with E-state index in [0.29, 0.717) is 5.92 Å². The number of fused-ring (bicyclic) bond motifs is 1. The van der Waals surface area contributed by atoms with Crippen LogP contribution in [0, 0.1) is 0 Å². The lowest BCUT2D eigenvalue weighted by atomic mass is 10.1. The van der Waals surface area contributed by atoms with Gasteiger partial charge in [0, 0.05) is 11.9 Å². The standard InChI is InChI=1S/C15H17BN3/c1-11(2)12-8-9-15(17-10-12)19-14-7-5-4-6-13(14)18(3)16-19/h4-11H,1-3H3. The molecule has 0 aliphatic carbocycles. The van der Waals surface area contributed by atoms with Crippen LogP contribution in [0.2, 0.25) is 0 Å². The summed E-state index contributed by atoms with van der Waals surface area (Å²) in [5.41, 5.74) is 3.65. The van der Waals surface area contributed by atoms with E-state index in [1.807, 2.05) is 6.20 Å². The second kappa shape index (κ2) is 4.61. The van der Waals surface area contributed by atoms with Crippen LogP contribution in [0.4, 0.5) is 17.2 Å². The Bertz CT molecular complexity index is 580. The van der Waals surface area contributed by atoms with Crippen LogP contribution in [0.25, 0.3) is 0 Å². The second-order valence-electron chi connectivity index (χ2n) is 5.19. The van der Waals surface area contributed by atoms with Crippen molar-refractivity contribution in [2.45, 2.75) is 19.8 Å². The molecule has 0 amide bonds. The molecule has 0 bridgehead atoms. The molecule has 3 rings (SSSR count). The Kier molecular flexibility index (Phi) is 2.93. The Morgan fingerprint density at radius 2 is 1.79 bits per heavy atom. The lowest BCUT2D eigenvalue weighted by Gasteiger charge is -2.17. The normalized spacial score (nSPS) is 13.7. The van der Waals surface area contributed by atoms with Crippen LogP contribution < -0.4 is 9.62 Å². The molecule has 95 valence electrons. The number of aromatic nitrogens is 1. The Labute approximate surface area is 115 Å². The molecule has 1 aromatic carbocycles.